The van der Waals surface area contributed by atoms with E-state index in [0.717, 1.165) is 67.9 Å². The summed E-state index contributed by atoms with van der Waals surface area (Å²) in [7, 11) is 0. The molecule has 8 heteroatoms. The first-order valence-corrected chi connectivity index (χ1v) is 11.7. The van der Waals surface area contributed by atoms with Crippen molar-refractivity contribution in [3.8, 4) is 34.4 Å². The van der Waals surface area contributed by atoms with Gasteiger partial charge in [0.1, 0.15) is 5.82 Å². The Morgan fingerprint density at radius 1 is 0.622 bits per heavy atom. The van der Waals surface area contributed by atoms with Crippen molar-refractivity contribution in [2.45, 2.75) is 0 Å². The lowest BCUT2D eigenvalue weighted by molar-refractivity contribution is 0.173. The summed E-state index contributed by atoms with van der Waals surface area (Å²) >= 11 is 0. The van der Waals surface area contributed by atoms with Crippen LogP contribution in [0.2, 0.25) is 0 Å². The number of fused-ring (bicyclic) bond motifs is 3. The fraction of sp³-hybridized carbons (Fsp3) is 0.0690. The highest BCUT2D eigenvalue weighted by Crippen LogP contribution is 2.33. The van der Waals surface area contributed by atoms with Gasteiger partial charge in [0.2, 0.25) is 13.6 Å². The smallest absolute Gasteiger partial charge is 0.231 e. The molecule has 4 aromatic carbocycles. The highest BCUT2D eigenvalue weighted by Gasteiger charge is 2.13. The molecule has 0 radical (unpaired) electrons. The number of aromatic amines is 1. The van der Waals surface area contributed by atoms with Crippen LogP contribution in [0.15, 0.2) is 88.8 Å². The van der Waals surface area contributed by atoms with Crippen LogP contribution in [-0.4, -0.2) is 36.0 Å². The monoisotopic (exact) mass is 488 g/mol. The minimum absolute atomic E-state index is 0.256. The molecule has 0 aliphatic carbocycles. The van der Waals surface area contributed by atoms with Crippen LogP contribution in [0.25, 0.3) is 22.4 Å². The summed E-state index contributed by atoms with van der Waals surface area (Å²) in [5.74, 6) is 3.79. The molecule has 2 aliphatic rings. The summed E-state index contributed by atoms with van der Waals surface area (Å²) in [6.07, 6.45) is 3.62. The zero-order chi connectivity index (χ0) is 24.6. The van der Waals surface area contributed by atoms with Crippen molar-refractivity contribution < 1.29 is 18.9 Å². The lowest BCUT2D eigenvalue weighted by Crippen LogP contribution is -1.92. The first-order valence-electron chi connectivity index (χ1n) is 11.7. The number of imidazole rings is 1. The fourth-order valence-electron chi connectivity index (χ4n) is 4.20. The van der Waals surface area contributed by atoms with Gasteiger partial charge in [-0.15, -0.1) is 0 Å². The Morgan fingerprint density at radius 2 is 1.22 bits per heavy atom. The predicted molar refractivity (Wildman–Crippen MR) is 141 cm³/mol. The second-order valence-electron chi connectivity index (χ2n) is 8.58. The van der Waals surface area contributed by atoms with Crippen molar-refractivity contribution in [1.82, 2.24) is 9.97 Å². The van der Waals surface area contributed by atoms with Gasteiger partial charge in [-0.2, -0.15) is 0 Å². The molecular formula is C29H20N4O4. The van der Waals surface area contributed by atoms with Gasteiger partial charge in [-0.05, 0) is 90.0 Å². The summed E-state index contributed by atoms with van der Waals surface area (Å²) in [6, 6.07) is 25.4. The first kappa shape index (κ1) is 21.2. The van der Waals surface area contributed by atoms with Gasteiger partial charge in [-0.25, -0.2) is 4.98 Å². The molecule has 1 aromatic heterocycles. The average molecular weight is 489 g/mol. The molecule has 8 nitrogen and oxygen atoms in total. The Morgan fingerprint density at radius 3 is 1.89 bits per heavy atom. The number of nitrogens with zero attached hydrogens (tertiary/aromatic N) is 3. The molecule has 0 saturated heterocycles. The van der Waals surface area contributed by atoms with E-state index in [4.69, 9.17) is 23.9 Å². The van der Waals surface area contributed by atoms with Crippen LogP contribution in [-0.2, 0) is 0 Å². The number of hydrogen-bond donors (Lipinski definition) is 1. The molecule has 0 amide bonds. The molecule has 0 fully saturated rings. The van der Waals surface area contributed by atoms with Crippen molar-refractivity contribution in [3.63, 3.8) is 0 Å². The van der Waals surface area contributed by atoms with Crippen molar-refractivity contribution in [2.75, 3.05) is 13.6 Å². The van der Waals surface area contributed by atoms with E-state index in [1.807, 2.05) is 91.3 Å². The van der Waals surface area contributed by atoms with E-state index in [0.29, 0.717) is 0 Å². The first-order chi connectivity index (χ1) is 18.3. The third-order valence-electron chi connectivity index (χ3n) is 6.12. The van der Waals surface area contributed by atoms with Crippen LogP contribution in [0.4, 0.5) is 11.4 Å². The zero-order valence-corrected chi connectivity index (χ0v) is 19.5. The molecule has 0 unspecified atom stereocenters. The SMILES string of the molecule is C(=Nc1ccc(-c2nc3ccc(N=Cc4ccc5c(c4)OCO5)cc3[nH]2)cc1)c1ccc2c(c1)OCO2. The maximum Gasteiger partial charge on any atom is 0.231 e. The van der Waals surface area contributed by atoms with Gasteiger partial charge in [0, 0.05) is 18.0 Å². The van der Waals surface area contributed by atoms with Crippen molar-refractivity contribution >= 4 is 34.8 Å². The van der Waals surface area contributed by atoms with Crippen LogP contribution < -0.4 is 18.9 Å². The van der Waals surface area contributed by atoms with Gasteiger partial charge < -0.3 is 23.9 Å². The number of ether oxygens (including phenoxy) is 4. The fourth-order valence-corrected chi connectivity index (χ4v) is 4.20. The van der Waals surface area contributed by atoms with Gasteiger partial charge in [0.05, 0.1) is 22.4 Å². The molecule has 1 N–H and O–H groups in total. The molecule has 3 heterocycles. The summed E-state index contributed by atoms with van der Waals surface area (Å²) in [5, 5.41) is 0. The summed E-state index contributed by atoms with van der Waals surface area (Å²) in [6.45, 7) is 0.515. The Balaban J connectivity index is 1.07. The molecule has 180 valence electrons. The molecular weight excluding hydrogens is 468 g/mol. The van der Waals surface area contributed by atoms with E-state index in [2.05, 4.69) is 15.0 Å². The van der Waals surface area contributed by atoms with Gasteiger partial charge in [-0.3, -0.25) is 9.98 Å². The predicted octanol–water partition coefficient (Wildman–Crippen LogP) is 6.19. The van der Waals surface area contributed by atoms with E-state index in [1.54, 1.807) is 0 Å². The van der Waals surface area contributed by atoms with Gasteiger partial charge in [-0.1, -0.05) is 0 Å². The van der Waals surface area contributed by atoms with E-state index in [-0.39, 0.29) is 13.6 Å². The highest BCUT2D eigenvalue weighted by molar-refractivity contribution is 5.87. The Labute approximate surface area is 211 Å². The molecule has 0 bridgehead atoms. The summed E-state index contributed by atoms with van der Waals surface area (Å²) in [5.41, 5.74) is 6.33. The van der Waals surface area contributed by atoms with Gasteiger partial charge >= 0.3 is 0 Å². The number of aliphatic imine (C=N–C) groups is 2. The normalized spacial score (nSPS) is 13.8. The van der Waals surface area contributed by atoms with E-state index in [1.165, 1.54) is 0 Å². The number of H-pyrrole nitrogens is 1. The largest absolute Gasteiger partial charge is 0.454 e. The summed E-state index contributed by atoms with van der Waals surface area (Å²) < 4.78 is 21.6. The molecule has 7 rings (SSSR count). The molecule has 0 saturated carbocycles. The second kappa shape index (κ2) is 8.83. The Hall–Kier alpha value is -5.11. The molecule has 37 heavy (non-hydrogen) atoms. The number of hydrogen-bond acceptors (Lipinski definition) is 7. The number of rotatable bonds is 5. The quantitative estimate of drug-likeness (QED) is 0.298. The zero-order valence-electron chi connectivity index (χ0n) is 19.5. The Kier molecular flexibility index (Phi) is 5.06. The highest BCUT2D eigenvalue weighted by atomic mass is 16.7. The lowest BCUT2D eigenvalue weighted by atomic mass is 10.2. The van der Waals surface area contributed by atoms with E-state index in [9.17, 15) is 0 Å². The number of benzene rings is 4. The van der Waals surface area contributed by atoms with Gasteiger partial charge in [0.15, 0.2) is 23.0 Å². The van der Waals surface area contributed by atoms with E-state index >= 15 is 0 Å². The molecule has 5 aromatic rings. The third-order valence-corrected chi connectivity index (χ3v) is 6.12. The summed E-state index contributed by atoms with van der Waals surface area (Å²) in [4.78, 5) is 17.3. The van der Waals surface area contributed by atoms with Crippen LogP contribution >= 0.6 is 0 Å². The van der Waals surface area contributed by atoms with Crippen LogP contribution in [0.3, 0.4) is 0 Å². The Bertz CT molecular complexity index is 1690. The van der Waals surface area contributed by atoms with Crippen LogP contribution in [0.1, 0.15) is 11.1 Å². The van der Waals surface area contributed by atoms with Crippen LogP contribution in [0, 0.1) is 0 Å². The molecule has 2 aliphatic heterocycles. The topological polar surface area (TPSA) is 90.3 Å². The van der Waals surface area contributed by atoms with Crippen LogP contribution in [0.5, 0.6) is 23.0 Å². The standard InChI is InChI=1S/C29H20N4O4/c1-9-25-27(36-16-34-25)11-18(1)14-30-21-5-3-20(4-6-21)29-32-23-8-7-22(13-24(23)33-29)31-15-19-2-10-26-28(12-19)37-17-35-26/h1-15H,16-17H2,(H,32,33). The number of nitrogens with one attached hydrogen (secondary N) is 1. The third kappa shape index (κ3) is 4.25. The lowest BCUT2D eigenvalue weighted by Gasteiger charge is -1.99. The van der Waals surface area contributed by atoms with Gasteiger partial charge in [0.25, 0.3) is 0 Å². The van der Waals surface area contributed by atoms with Crippen molar-refractivity contribution in [2.24, 2.45) is 9.98 Å². The van der Waals surface area contributed by atoms with Crippen molar-refractivity contribution in [3.05, 3.63) is 90.0 Å². The maximum absolute atomic E-state index is 5.44. The second-order valence-corrected chi connectivity index (χ2v) is 8.58. The van der Waals surface area contributed by atoms with Crippen molar-refractivity contribution in [1.29, 1.82) is 0 Å². The molecule has 0 spiro atoms. The average Bonchev–Trinajstić information content (AvgIpc) is 3.69. The minimum atomic E-state index is 0.256. The van der Waals surface area contributed by atoms with E-state index < -0.39 is 0 Å². The number of aromatic nitrogens is 2. The maximum atomic E-state index is 5.44. The molecule has 0 atom stereocenters. The minimum Gasteiger partial charge on any atom is -0.454 e.